The van der Waals surface area contributed by atoms with E-state index in [1.54, 1.807) is 0 Å². The highest BCUT2D eigenvalue weighted by atomic mass is 32.2. The van der Waals surface area contributed by atoms with Gasteiger partial charge in [0.25, 0.3) is 0 Å². The van der Waals surface area contributed by atoms with Gasteiger partial charge in [0.05, 0.1) is 0 Å². The minimum absolute atomic E-state index is 0.0484. The molecular formula is C16H26N2O2S. The molecule has 2 amide bonds. The predicted octanol–water partition coefficient (Wildman–Crippen LogP) is 2.18. The highest BCUT2D eigenvalue weighted by molar-refractivity contribution is 7.99. The van der Waals surface area contributed by atoms with Gasteiger partial charge in [0.2, 0.25) is 11.8 Å². The van der Waals surface area contributed by atoms with E-state index < -0.39 is 5.54 Å². The van der Waals surface area contributed by atoms with Crippen molar-refractivity contribution in [3.05, 3.63) is 0 Å². The SMILES string of the molecule is CCC1C(=O)NC(C)(C2CC2)C(=O)N1CC1CCCCS1. The lowest BCUT2D eigenvalue weighted by molar-refractivity contribution is -0.155. The van der Waals surface area contributed by atoms with E-state index in [0.717, 1.165) is 19.4 Å². The molecule has 2 aliphatic heterocycles. The van der Waals surface area contributed by atoms with E-state index in [2.05, 4.69) is 5.32 Å². The summed E-state index contributed by atoms with van der Waals surface area (Å²) in [6.45, 7) is 4.67. The molecule has 2 heterocycles. The van der Waals surface area contributed by atoms with Crippen molar-refractivity contribution in [3.8, 4) is 0 Å². The molecule has 0 bridgehead atoms. The quantitative estimate of drug-likeness (QED) is 0.866. The van der Waals surface area contributed by atoms with Crippen molar-refractivity contribution in [2.45, 2.75) is 69.2 Å². The number of hydrogen-bond acceptors (Lipinski definition) is 3. The van der Waals surface area contributed by atoms with Crippen LogP contribution in [0.15, 0.2) is 0 Å². The molecule has 0 aromatic heterocycles. The van der Waals surface area contributed by atoms with Crippen LogP contribution in [0.25, 0.3) is 0 Å². The first kappa shape index (κ1) is 15.2. The van der Waals surface area contributed by atoms with E-state index in [-0.39, 0.29) is 17.9 Å². The highest BCUT2D eigenvalue weighted by Crippen LogP contribution is 2.42. The fourth-order valence-electron chi connectivity index (χ4n) is 3.70. The lowest BCUT2D eigenvalue weighted by Gasteiger charge is -2.45. The minimum Gasteiger partial charge on any atom is -0.340 e. The number of thioether (sulfide) groups is 1. The van der Waals surface area contributed by atoms with Crippen LogP contribution in [0.2, 0.25) is 0 Å². The number of carbonyl (C=O) groups excluding carboxylic acids is 2. The molecule has 0 aromatic rings. The van der Waals surface area contributed by atoms with Crippen LogP contribution in [-0.2, 0) is 9.59 Å². The Kier molecular flexibility index (Phi) is 4.21. The number of amides is 2. The van der Waals surface area contributed by atoms with Crippen molar-refractivity contribution < 1.29 is 9.59 Å². The summed E-state index contributed by atoms with van der Waals surface area (Å²) in [5.41, 5.74) is -0.651. The molecule has 3 atom stereocenters. The third-order valence-electron chi connectivity index (χ3n) is 5.22. The number of hydrogen-bond donors (Lipinski definition) is 1. The molecule has 4 nitrogen and oxygen atoms in total. The highest BCUT2D eigenvalue weighted by Gasteiger charge is 2.55. The van der Waals surface area contributed by atoms with Crippen molar-refractivity contribution in [1.82, 2.24) is 10.2 Å². The van der Waals surface area contributed by atoms with Crippen LogP contribution in [-0.4, -0.2) is 45.8 Å². The summed E-state index contributed by atoms with van der Waals surface area (Å²) in [5.74, 6) is 1.73. The Morgan fingerprint density at radius 3 is 2.62 bits per heavy atom. The van der Waals surface area contributed by atoms with Gasteiger partial charge in [-0.3, -0.25) is 9.59 Å². The zero-order valence-electron chi connectivity index (χ0n) is 13.1. The maximum atomic E-state index is 13.0. The Bertz CT molecular complexity index is 432. The van der Waals surface area contributed by atoms with Crippen LogP contribution in [0.3, 0.4) is 0 Å². The molecule has 21 heavy (non-hydrogen) atoms. The van der Waals surface area contributed by atoms with Gasteiger partial charge in [-0.1, -0.05) is 13.3 Å². The summed E-state index contributed by atoms with van der Waals surface area (Å²) in [5, 5.41) is 3.54. The molecule has 2 saturated heterocycles. The molecule has 1 aliphatic carbocycles. The smallest absolute Gasteiger partial charge is 0.249 e. The molecule has 1 N–H and O–H groups in total. The molecule has 5 heteroatoms. The van der Waals surface area contributed by atoms with Crippen molar-refractivity contribution in [3.63, 3.8) is 0 Å². The molecule has 0 radical (unpaired) electrons. The Labute approximate surface area is 131 Å². The summed E-state index contributed by atoms with van der Waals surface area (Å²) in [6.07, 6.45) is 6.54. The second kappa shape index (κ2) is 5.82. The Morgan fingerprint density at radius 1 is 1.29 bits per heavy atom. The molecule has 3 rings (SSSR count). The Hall–Kier alpha value is -0.710. The van der Waals surface area contributed by atoms with Gasteiger partial charge in [-0.25, -0.2) is 0 Å². The number of rotatable bonds is 4. The standard InChI is InChI=1S/C16H26N2O2S/c1-3-13-14(19)17-16(2,11-7-8-11)15(20)18(13)10-12-6-4-5-9-21-12/h11-13H,3-10H2,1-2H3,(H,17,19). The first-order valence-electron chi connectivity index (χ1n) is 8.31. The van der Waals surface area contributed by atoms with Crippen LogP contribution < -0.4 is 5.32 Å². The van der Waals surface area contributed by atoms with E-state index >= 15 is 0 Å². The van der Waals surface area contributed by atoms with E-state index in [4.69, 9.17) is 0 Å². The number of carbonyl (C=O) groups is 2. The zero-order valence-corrected chi connectivity index (χ0v) is 13.9. The first-order chi connectivity index (χ1) is 10.1. The van der Waals surface area contributed by atoms with Gasteiger partial charge in [-0.15, -0.1) is 0 Å². The van der Waals surface area contributed by atoms with Crippen molar-refractivity contribution >= 4 is 23.6 Å². The van der Waals surface area contributed by atoms with Gasteiger partial charge in [0.15, 0.2) is 0 Å². The largest absolute Gasteiger partial charge is 0.340 e. The van der Waals surface area contributed by atoms with E-state index in [9.17, 15) is 9.59 Å². The Balaban J connectivity index is 1.78. The molecule has 3 fully saturated rings. The molecule has 3 aliphatic rings. The van der Waals surface area contributed by atoms with E-state index in [1.165, 1.54) is 25.0 Å². The lowest BCUT2D eigenvalue weighted by atomic mass is 9.88. The fraction of sp³-hybridized carbons (Fsp3) is 0.875. The van der Waals surface area contributed by atoms with Crippen molar-refractivity contribution in [2.75, 3.05) is 12.3 Å². The molecule has 3 unspecified atom stereocenters. The fourth-order valence-corrected chi connectivity index (χ4v) is 5.00. The van der Waals surface area contributed by atoms with Gasteiger partial charge in [0.1, 0.15) is 11.6 Å². The second-order valence-corrected chi connectivity index (χ2v) is 8.24. The van der Waals surface area contributed by atoms with Gasteiger partial charge in [-0.2, -0.15) is 11.8 Å². The number of piperazine rings is 1. The molecule has 0 spiro atoms. The van der Waals surface area contributed by atoms with Gasteiger partial charge in [0, 0.05) is 11.8 Å². The predicted molar refractivity (Wildman–Crippen MR) is 85.2 cm³/mol. The maximum absolute atomic E-state index is 13.0. The second-order valence-electron chi connectivity index (χ2n) is 6.84. The molecule has 1 saturated carbocycles. The molecule has 118 valence electrons. The average molecular weight is 310 g/mol. The van der Waals surface area contributed by atoms with Crippen LogP contribution >= 0.6 is 11.8 Å². The Morgan fingerprint density at radius 2 is 2.05 bits per heavy atom. The van der Waals surface area contributed by atoms with E-state index in [1.807, 2.05) is 30.5 Å². The summed E-state index contributed by atoms with van der Waals surface area (Å²) in [4.78, 5) is 27.4. The monoisotopic (exact) mass is 310 g/mol. The van der Waals surface area contributed by atoms with Gasteiger partial charge < -0.3 is 10.2 Å². The summed E-state index contributed by atoms with van der Waals surface area (Å²) in [6, 6.07) is -0.271. The third-order valence-corrected chi connectivity index (χ3v) is 6.60. The number of nitrogens with zero attached hydrogens (tertiary/aromatic N) is 1. The van der Waals surface area contributed by atoms with Crippen LogP contribution in [0.4, 0.5) is 0 Å². The number of nitrogens with one attached hydrogen (secondary N) is 1. The van der Waals surface area contributed by atoms with E-state index in [0.29, 0.717) is 17.6 Å². The average Bonchev–Trinajstić information content (AvgIpc) is 3.31. The summed E-state index contributed by atoms with van der Waals surface area (Å²) in [7, 11) is 0. The minimum atomic E-state index is -0.651. The lowest BCUT2D eigenvalue weighted by Crippen LogP contribution is -2.70. The van der Waals surface area contributed by atoms with Crippen molar-refractivity contribution in [2.24, 2.45) is 5.92 Å². The van der Waals surface area contributed by atoms with Crippen LogP contribution in [0.5, 0.6) is 0 Å². The molecule has 0 aromatic carbocycles. The topological polar surface area (TPSA) is 49.4 Å². The summed E-state index contributed by atoms with van der Waals surface area (Å²) >= 11 is 1.97. The maximum Gasteiger partial charge on any atom is 0.249 e. The first-order valence-corrected chi connectivity index (χ1v) is 9.36. The third kappa shape index (κ3) is 2.81. The zero-order chi connectivity index (χ0) is 15.0. The van der Waals surface area contributed by atoms with Crippen LogP contribution in [0, 0.1) is 5.92 Å². The van der Waals surface area contributed by atoms with Crippen LogP contribution in [0.1, 0.15) is 52.4 Å². The molecular weight excluding hydrogens is 284 g/mol. The van der Waals surface area contributed by atoms with Crippen molar-refractivity contribution in [1.29, 1.82) is 0 Å². The summed E-state index contributed by atoms with van der Waals surface area (Å²) < 4.78 is 0. The normalized spacial score (nSPS) is 37.5. The van der Waals surface area contributed by atoms with Gasteiger partial charge in [-0.05, 0) is 50.7 Å². The van der Waals surface area contributed by atoms with Gasteiger partial charge >= 0.3 is 0 Å².